The maximum atomic E-state index is 11.4. The molecule has 1 aliphatic carbocycles. The van der Waals surface area contributed by atoms with E-state index in [0.29, 0.717) is 23.8 Å². The summed E-state index contributed by atoms with van der Waals surface area (Å²) in [7, 11) is 0. The molecule has 1 aromatic carbocycles. The van der Waals surface area contributed by atoms with Crippen molar-refractivity contribution in [3.05, 3.63) is 23.2 Å². The Hall–Kier alpha value is -1.42. The fourth-order valence-electron chi connectivity index (χ4n) is 1.59. The molecule has 0 bridgehead atoms. The Kier molecular flexibility index (Phi) is 3.74. The largest absolute Gasteiger partial charge is 0.397 e. The number of anilines is 2. The topological polar surface area (TPSA) is 67.2 Å². The summed E-state index contributed by atoms with van der Waals surface area (Å²) in [6.45, 7) is 1.20. The van der Waals surface area contributed by atoms with Crippen molar-refractivity contribution in [2.24, 2.45) is 5.92 Å². The minimum Gasteiger partial charge on any atom is -0.397 e. The third-order valence-corrected chi connectivity index (χ3v) is 3.03. The number of carbonyl (C=O) groups excluding carboxylic acids is 1. The molecule has 1 fully saturated rings. The second-order valence-corrected chi connectivity index (χ2v) is 4.60. The first-order valence-corrected chi connectivity index (χ1v) is 6.12. The number of hydrogen-bond acceptors (Lipinski definition) is 3. The molecule has 4 nitrogen and oxygen atoms in total. The van der Waals surface area contributed by atoms with Crippen molar-refractivity contribution >= 4 is 28.9 Å². The van der Waals surface area contributed by atoms with E-state index in [2.05, 4.69) is 10.6 Å². The van der Waals surface area contributed by atoms with Crippen molar-refractivity contribution in [1.29, 1.82) is 0 Å². The highest BCUT2D eigenvalue weighted by Crippen LogP contribution is 2.29. The molecular weight excluding hydrogens is 238 g/mol. The molecule has 1 aromatic rings. The fourth-order valence-corrected chi connectivity index (χ4v) is 1.84. The van der Waals surface area contributed by atoms with Gasteiger partial charge in [0, 0.05) is 19.0 Å². The lowest BCUT2D eigenvalue weighted by molar-refractivity contribution is -0.122. The first kappa shape index (κ1) is 12.0. The van der Waals surface area contributed by atoms with E-state index in [1.54, 1.807) is 18.2 Å². The van der Waals surface area contributed by atoms with Gasteiger partial charge in [0.1, 0.15) is 0 Å². The number of nitrogen functional groups attached to an aromatic ring is 1. The van der Waals surface area contributed by atoms with Crippen LogP contribution in [0.4, 0.5) is 11.4 Å². The number of benzene rings is 1. The van der Waals surface area contributed by atoms with Crippen molar-refractivity contribution in [3.63, 3.8) is 0 Å². The first-order valence-electron chi connectivity index (χ1n) is 5.74. The van der Waals surface area contributed by atoms with Gasteiger partial charge in [-0.05, 0) is 25.0 Å². The third kappa shape index (κ3) is 3.27. The molecule has 5 heteroatoms. The highest BCUT2D eigenvalue weighted by Gasteiger charge is 2.28. The summed E-state index contributed by atoms with van der Waals surface area (Å²) in [6, 6.07) is 5.37. The molecule has 1 saturated carbocycles. The van der Waals surface area contributed by atoms with Gasteiger partial charge >= 0.3 is 0 Å². The molecule has 0 spiro atoms. The molecule has 1 aliphatic rings. The second-order valence-electron chi connectivity index (χ2n) is 4.20. The van der Waals surface area contributed by atoms with E-state index in [1.165, 1.54) is 0 Å². The van der Waals surface area contributed by atoms with Gasteiger partial charge in [-0.15, -0.1) is 0 Å². The normalized spacial score (nSPS) is 14.4. The van der Waals surface area contributed by atoms with E-state index in [4.69, 9.17) is 17.3 Å². The van der Waals surface area contributed by atoms with Crippen molar-refractivity contribution in [2.75, 3.05) is 24.1 Å². The lowest BCUT2D eigenvalue weighted by Crippen LogP contribution is -2.29. The maximum Gasteiger partial charge on any atom is 0.223 e. The molecule has 92 valence electrons. The number of halogens is 1. The van der Waals surface area contributed by atoms with Gasteiger partial charge in [-0.2, -0.15) is 0 Å². The van der Waals surface area contributed by atoms with Gasteiger partial charge in [-0.1, -0.05) is 17.7 Å². The zero-order valence-electron chi connectivity index (χ0n) is 9.50. The van der Waals surface area contributed by atoms with Crippen LogP contribution >= 0.6 is 11.6 Å². The van der Waals surface area contributed by atoms with Crippen LogP contribution in [-0.4, -0.2) is 19.0 Å². The quantitative estimate of drug-likeness (QED) is 0.554. The Balaban J connectivity index is 1.75. The number of hydrogen-bond donors (Lipinski definition) is 3. The van der Waals surface area contributed by atoms with Gasteiger partial charge in [0.25, 0.3) is 0 Å². The van der Waals surface area contributed by atoms with Crippen LogP contribution in [0.5, 0.6) is 0 Å². The molecule has 17 heavy (non-hydrogen) atoms. The number of rotatable bonds is 5. The van der Waals surface area contributed by atoms with Crippen LogP contribution in [0.25, 0.3) is 0 Å². The second kappa shape index (κ2) is 5.27. The molecule has 0 unspecified atom stereocenters. The van der Waals surface area contributed by atoms with Gasteiger partial charge < -0.3 is 16.4 Å². The summed E-state index contributed by atoms with van der Waals surface area (Å²) in [4.78, 5) is 11.4. The third-order valence-electron chi connectivity index (χ3n) is 2.72. The van der Waals surface area contributed by atoms with E-state index in [0.717, 1.165) is 18.5 Å². The fraction of sp³-hybridized carbons (Fsp3) is 0.417. The summed E-state index contributed by atoms with van der Waals surface area (Å²) in [5.41, 5.74) is 7.14. The van der Waals surface area contributed by atoms with Gasteiger partial charge in [-0.25, -0.2) is 0 Å². The molecule has 2 rings (SSSR count). The summed E-state index contributed by atoms with van der Waals surface area (Å²) in [5, 5.41) is 6.59. The van der Waals surface area contributed by atoms with E-state index >= 15 is 0 Å². The van der Waals surface area contributed by atoms with Crippen molar-refractivity contribution < 1.29 is 4.79 Å². The Morgan fingerprint density at radius 3 is 2.82 bits per heavy atom. The molecular formula is C12H16ClN3O. The van der Waals surface area contributed by atoms with Gasteiger partial charge in [0.2, 0.25) is 5.91 Å². The summed E-state index contributed by atoms with van der Waals surface area (Å²) in [6.07, 6.45) is 2.05. The molecule has 0 radical (unpaired) electrons. The maximum absolute atomic E-state index is 11.4. The lowest BCUT2D eigenvalue weighted by atomic mass is 10.2. The molecule has 1 amide bonds. The van der Waals surface area contributed by atoms with E-state index in [1.807, 2.05) is 0 Å². The van der Waals surface area contributed by atoms with Gasteiger partial charge in [-0.3, -0.25) is 4.79 Å². The van der Waals surface area contributed by atoms with Crippen LogP contribution < -0.4 is 16.4 Å². The van der Waals surface area contributed by atoms with E-state index in [-0.39, 0.29) is 11.8 Å². The van der Waals surface area contributed by atoms with Crippen LogP contribution in [0.15, 0.2) is 18.2 Å². The Morgan fingerprint density at radius 1 is 1.41 bits per heavy atom. The summed E-state index contributed by atoms with van der Waals surface area (Å²) < 4.78 is 0. The van der Waals surface area contributed by atoms with Crippen molar-refractivity contribution in [3.8, 4) is 0 Å². The molecule has 0 aliphatic heterocycles. The number of amides is 1. The minimum absolute atomic E-state index is 0.152. The van der Waals surface area contributed by atoms with Gasteiger partial charge in [0.15, 0.2) is 0 Å². The van der Waals surface area contributed by atoms with Crippen LogP contribution in [0.1, 0.15) is 12.8 Å². The summed E-state index contributed by atoms with van der Waals surface area (Å²) in [5.74, 6) is 0.402. The SMILES string of the molecule is Nc1cccc(Cl)c1NCCNC(=O)C1CC1. The zero-order valence-corrected chi connectivity index (χ0v) is 10.3. The average Bonchev–Trinajstić information content (AvgIpc) is 3.11. The number of carbonyl (C=O) groups is 1. The highest BCUT2D eigenvalue weighted by molar-refractivity contribution is 6.33. The predicted octanol–water partition coefficient (Wildman–Crippen LogP) is 1.86. The highest BCUT2D eigenvalue weighted by atomic mass is 35.5. The van der Waals surface area contributed by atoms with E-state index in [9.17, 15) is 4.79 Å². The van der Waals surface area contributed by atoms with E-state index < -0.39 is 0 Å². The first-order chi connectivity index (χ1) is 8.18. The zero-order chi connectivity index (χ0) is 12.3. The monoisotopic (exact) mass is 253 g/mol. The summed E-state index contributed by atoms with van der Waals surface area (Å²) >= 11 is 6.00. The number of nitrogens with two attached hydrogens (primary N) is 1. The minimum atomic E-state index is 0.152. The van der Waals surface area contributed by atoms with Crippen molar-refractivity contribution in [2.45, 2.75) is 12.8 Å². The number of para-hydroxylation sites is 1. The molecule has 0 atom stereocenters. The standard InChI is InChI=1S/C12H16ClN3O/c13-9-2-1-3-10(14)11(9)15-6-7-16-12(17)8-4-5-8/h1-3,8,15H,4-7,14H2,(H,16,17). The Morgan fingerprint density at radius 2 is 2.18 bits per heavy atom. The van der Waals surface area contributed by atoms with Crippen LogP contribution in [0.3, 0.4) is 0 Å². The predicted molar refractivity (Wildman–Crippen MR) is 70.1 cm³/mol. The molecule has 0 aromatic heterocycles. The smallest absolute Gasteiger partial charge is 0.223 e. The average molecular weight is 254 g/mol. The lowest BCUT2D eigenvalue weighted by Gasteiger charge is -2.11. The van der Waals surface area contributed by atoms with Crippen LogP contribution in [0, 0.1) is 5.92 Å². The van der Waals surface area contributed by atoms with Crippen LogP contribution in [-0.2, 0) is 4.79 Å². The Labute approximate surface area is 106 Å². The van der Waals surface area contributed by atoms with Crippen LogP contribution in [0.2, 0.25) is 5.02 Å². The van der Waals surface area contributed by atoms with Gasteiger partial charge in [0.05, 0.1) is 16.4 Å². The van der Waals surface area contributed by atoms with Crippen molar-refractivity contribution in [1.82, 2.24) is 5.32 Å². The molecule has 0 heterocycles. The number of nitrogens with one attached hydrogen (secondary N) is 2. The molecule has 0 saturated heterocycles. The Bertz CT molecular complexity index is 398. The molecule has 4 N–H and O–H groups in total.